The van der Waals surface area contributed by atoms with Crippen molar-refractivity contribution in [1.82, 2.24) is 5.32 Å². The lowest BCUT2D eigenvalue weighted by Gasteiger charge is -2.25. The third-order valence-corrected chi connectivity index (χ3v) is 5.44. The average Bonchev–Trinajstić information content (AvgIpc) is 2.51. The second kappa shape index (κ2) is 6.99. The van der Waals surface area contributed by atoms with Crippen LogP contribution in [0.15, 0.2) is 46.2 Å². The smallest absolute Gasteiger partial charge is 0.124 e. The van der Waals surface area contributed by atoms with E-state index in [9.17, 15) is 8.78 Å². The average molecular weight is 340 g/mol. The highest BCUT2D eigenvalue weighted by molar-refractivity contribution is 7.99. The summed E-state index contributed by atoms with van der Waals surface area (Å²) in [4.78, 5) is 1.60. The van der Waals surface area contributed by atoms with E-state index in [1.807, 2.05) is 6.07 Å². The Morgan fingerprint density at radius 2 is 1.64 bits per heavy atom. The van der Waals surface area contributed by atoms with Crippen molar-refractivity contribution in [3.8, 4) is 0 Å². The van der Waals surface area contributed by atoms with Gasteiger partial charge in [-0.2, -0.15) is 0 Å². The molecule has 0 unspecified atom stereocenters. The highest BCUT2D eigenvalue weighted by Crippen LogP contribution is 2.40. The van der Waals surface area contributed by atoms with E-state index >= 15 is 0 Å². The minimum Gasteiger partial charge on any atom is -0.317 e. The Labute approximate surface area is 138 Å². The van der Waals surface area contributed by atoms with Crippen molar-refractivity contribution in [3.63, 3.8) is 0 Å². The molecule has 1 fully saturated rings. The quantitative estimate of drug-likeness (QED) is 0.821. The zero-order valence-corrected chi connectivity index (χ0v) is 13.5. The minimum atomic E-state index is -0.368. The Bertz CT molecular complexity index is 672. The number of hydrogen-bond acceptors (Lipinski definition) is 2. The number of hydrogen-bond donors (Lipinski definition) is 1. The molecule has 0 spiro atoms. The fourth-order valence-corrected chi connectivity index (χ4v) is 4.08. The largest absolute Gasteiger partial charge is 0.317 e. The maximum atomic E-state index is 13.7. The Balaban J connectivity index is 1.92. The van der Waals surface area contributed by atoms with Crippen molar-refractivity contribution < 1.29 is 8.78 Å². The summed E-state index contributed by atoms with van der Waals surface area (Å²) in [6.07, 6.45) is 2.08. The Morgan fingerprint density at radius 1 is 0.955 bits per heavy atom. The second-order valence-corrected chi connectivity index (χ2v) is 6.87. The lowest BCUT2D eigenvalue weighted by atomic mass is 9.90. The van der Waals surface area contributed by atoms with Gasteiger partial charge in [0.1, 0.15) is 11.6 Å². The van der Waals surface area contributed by atoms with E-state index in [0.717, 1.165) is 41.3 Å². The summed E-state index contributed by atoms with van der Waals surface area (Å²) in [6.45, 7) is 1.95. The fraction of sp³-hybridized carbons (Fsp3) is 0.294. The highest BCUT2D eigenvalue weighted by atomic mass is 35.5. The maximum absolute atomic E-state index is 13.7. The number of nitrogens with one attached hydrogen (secondary N) is 1. The van der Waals surface area contributed by atoms with Crippen LogP contribution in [0.1, 0.15) is 24.3 Å². The topological polar surface area (TPSA) is 12.0 Å². The van der Waals surface area contributed by atoms with Crippen LogP contribution in [0.3, 0.4) is 0 Å². The maximum Gasteiger partial charge on any atom is 0.124 e. The summed E-state index contributed by atoms with van der Waals surface area (Å²) in [7, 11) is 0. The number of halogens is 3. The molecule has 0 saturated carbocycles. The Kier molecular flexibility index (Phi) is 5.01. The van der Waals surface area contributed by atoms with Gasteiger partial charge in [0.05, 0.1) is 5.02 Å². The van der Waals surface area contributed by atoms with Gasteiger partial charge in [0.25, 0.3) is 0 Å². The molecule has 2 aromatic carbocycles. The normalized spacial score (nSPS) is 16.0. The molecule has 1 aliphatic rings. The zero-order valence-electron chi connectivity index (χ0n) is 11.9. The van der Waals surface area contributed by atoms with Crippen molar-refractivity contribution in [2.75, 3.05) is 13.1 Å². The van der Waals surface area contributed by atoms with E-state index in [0.29, 0.717) is 10.9 Å². The third-order valence-electron chi connectivity index (χ3n) is 3.87. The van der Waals surface area contributed by atoms with Crippen molar-refractivity contribution in [1.29, 1.82) is 0 Å². The van der Waals surface area contributed by atoms with E-state index < -0.39 is 0 Å². The Hall–Kier alpha value is -1.10. The van der Waals surface area contributed by atoms with E-state index in [1.54, 1.807) is 12.1 Å². The Morgan fingerprint density at radius 3 is 2.36 bits per heavy atom. The molecule has 1 N–H and O–H groups in total. The molecule has 1 saturated heterocycles. The van der Waals surface area contributed by atoms with Crippen molar-refractivity contribution >= 4 is 23.4 Å². The van der Waals surface area contributed by atoms with Crippen LogP contribution < -0.4 is 5.32 Å². The van der Waals surface area contributed by atoms with Crippen LogP contribution in [-0.4, -0.2) is 13.1 Å². The predicted molar refractivity (Wildman–Crippen MR) is 86.8 cm³/mol. The molecule has 0 radical (unpaired) electrons. The van der Waals surface area contributed by atoms with Gasteiger partial charge in [-0.15, -0.1) is 0 Å². The summed E-state index contributed by atoms with van der Waals surface area (Å²) in [6, 6.07) is 9.21. The molecule has 1 aliphatic heterocycles. The van der Waals surface area contributed by atoms with E-state index in [1.165, 1.54) is 30.0 Å². The molecule has 2 aromatic rings. The summed E-state index contributed by atoms with van der Waals surface area (Å²) >= 11 is 7.49. The van der Waals surface area contributed by atoms with Gasteiger partial charge in [-0.05, 0) is 67.7 Å². The van der Waals surface area contributed by atoms with Gasteiger partial charge in [0, 0.05) is 9.79 Å². The van der Waals surface area contributed by atoms with Crippen LogP contribution in [0.2, 0.25) is 5.02 Å². The lowest BCUT2D eigenvalue weighted by molar-refractivity contribution is 0.455. The van der Waals surface area contributed by atoms with Gasteiger partial charge in [0.2, 0.25) is 0 Å². The van der Waals surface area contributed by atoms with Crippen molar-refractivity contribution in [3.05, 3.63) is 58.6 Å². The predicted octanol–water partition coefficient (Wildman–Crippen LogP) is 5.24. The van der Waals surface area contributed by atoms with Crippen LogP contribution >= 0.6 is 23.4 Å². The van der Waals surface area contributed by atoms with Crippen molar-refractivity contribution in [2.24, 2.45) is 0 Å². The summed E-state index contributed by atoms with van der Waals surface area (Å²) in [5, 5.41) is 3.69. The fourth-order valence-electron chi connectivity index (χ4n) is 2.74. The highest BCUT2D eigenvalue weighted by Gasteiger charge is 2.19. The molecule has 0 aliphatic carbocycles. The van der Waals surface area contributed by atoms with Gasteiger partial charge < -0.3 is 5.32 Å². The first-order valence-electron chi connectivity index (χ1n) is 7.26. The first kappa shape index (κ1) is 15.8. The van der Waals surface area contributed by atoms with E-state index in [4.69, 9.17) is 11.6 Å². The molecule has 5 heteroatoms. The van der Waals surface area contributed by atoms with E-state index in [2.05, 4.69) is 5.32 Å². The van der Waals surface area contributed by atoms with E-state index in [-0.39, 0.29) is 11.6 Å². The third kappa shape index (κ3) is 3.62. The molecule has 22 heavy (non-hydrogen) atoms. The lowest BCUT2D eigenvalue weighted by Crippen LogP contribution is -2.26. The number of piperidine rings is 1. The van der Waals surface area contributed by atoms with Gasteiger partial charge in [-0.3, -0.25) is 0 Å². The molecule has 1 heterocycles. The second-order valence-electron chi connectivity index (χ2n) is 5.38. The van der Waals surface area contributed by atoms with Crippen molar-refractivity contribution in [2.45, 2.75) is 28.6 Å². The first-order chi connectivity index (χ1) is 10.6. The van der Waals surface area contributed by atoms with Gasteiger partial charge in [-0.1, -0.05) is 29.4 Å². The van der Waals surface area contributed by atoms with Gasteiger partial charge in [-0.25, -0.2) is 8.78 Å². The molecule has 0 atom stereocenters. The first-order valence-corrected chi connectivity index (χ1v) is 8.46. The molecule has 0 bridgehead atoms. The molecule has 116 valence electrons. The molecule has 1 nitrogen and oxygen atoms in total. The molecular formula is C17H16ClF2NS. The van der Waals surface area contributed by atoms with Crippen LogP contribution in [0.5, 0.6) is 0 Å². The van der Waals surface area contributed by atoms with Gasteiger partial charge >= 0.3 is 0 Å². The van der Waals surface area contributed by atoms with Crippen LogP contribution in [-0.2, 0) is 0 Å². The minimum absolute atomic E-state index is 0.265. The number of rotatable bonds is 3. The van der Waals surface area contributed by atoms with Crippen LogP contribution in [0, 0.1) is 11.6 Å². The van der Waals surface area contributed by atoms with Crippen LogP contribution in [0.25, 0.3) is 0 Å². The molecule has 0 aromatic heterocycles. The SMILES string of the molecule is Fc1ccc(Sc2cc(F)ccc2C2CCNCC2)c(Cl)c1. The molecule has 3 rings (SSSR count). The summed E-state index contributed by atoms with van der Waals surface area (Å²) in [5.41, 5.74) is 1.15. The van der Waals surface area contributed by atoms with Crippen LogP contribution in [0.4, 0.5) is 8.78 Å². The van der Waals surface area contributed by atoms with Gasteiger partial charge in [0.15, 0.2) is 0 Å². The monoisotopic (exact) mass is 339 g/mol. The summed E-state index contributed by atoms with van der Waals surface area (Å²) in [5.74, 6) is -0.214. The summed E-state index contributed by atoms with van der Waals surface area (Å²) < 4.78 is 26.8. The standard InChI is InChI=1S/C17H16ClF2NS/c18-15-9-12(19)2-4-16(15)22-17-10-13(20)1-3-14(17)11-5-7-21-8-6-11/h1-4,9-11,21H,5-8H2. The zero-order chi connectivity index (χ0) is 15.5. The molecule has 0 amide bonds. The molecular weight excluding hydrogens is 324 g/mol. The number of benzene rings is 2.